The summed E-state index contributed by atoms with van der Waals surface area (Å²) in [4.78, 5) is 12.4. The minimum Gasteiger partial charge on any atom is -0.497 e. The molecule has 0 bridgehead atoms. The fourth-order valence-corrected chi connectivity index (χ4v) is 3.26. The minimum atomic E-state index is -0.328. The van der Waals surface area contributed by atoms with E-state index < -0.39 is 0 Å². The third kappa shape index (κ3) is 3.31. The number of rotatable bonds is 3. The van der Waals surface area contributed by atoms with E-state index in [0.717, 1.165) is 30.7 Å². The van der Waals surface area contributed by atoms with Crippen LogP contribution in [0.2, 0.25) is 0 Å². The van der Waals surface area contributed by atoms with Crippen LogP contribution in [0.25, 0.3) is 0 Å². The summed E-state index contributed by atoms with van der Waals surface area (Å²) in [7, 11) is 1.62. The number of carbonyl (C=O) groups excluding carboxylic acids is 1. The van der Waals surface area contributed by atoms with Crippen molar-refractivity contribution in [3.8, 4) is 5.75 Å². The number of anilines is 1. The van der Waals surface area contributed by atoms with E-state index in [1.807, 2.05) is 30.3 Å². The summed E-state index contributed by atoms with van der Waals surface area (Å²) in [6, 6.07) is 15.5. The molecule has 0 aliphatic heterocycles. The number of carbonyl (C=O) groups is 1. The van der Waals surface area contributed by atoms with Gasteiger partial charge >= 0.3 is 6.03 Å². The van der Waals surface area contributed by atoms with E-state index in [2.05, 4.69) is 35.8 Å². The van der Waals surface area contributed by atoms with E-state index in [9.17, 15) is 4.79 Å². The SMILES string of the molecule is COc1ccc(NC(=O)NC2(C)CCCc3ccccc32)cc1. The van der Waals surface area contributed by atoms with Gasteiger partial charge in [0.05, 0.1) is 12.6 Å². The molecule has 3 rings (SSSR count). The fraction of sp³-hybridized carbons (Fsp3) is 0.316. The molecule has 4 nitrogen and oxygen atoms in total. The Kier molecular flexibility index (Phi) is 4.24. The summed E-state index contributed by atoms with van der Waals surface area (Å²) in [6.07, 6.45) is 3.10. The van der Waals surface area contributed by atoms with Crippen molar-refractivity contribution in [3.63, 3.8) is 0 Å². The molecule has 120 valence electrons. The van der Waals surface area contributed by atoms with E-state index >= 15 is 0 Å². The van der Waals surface area contributed by atoms with Crippen LogP contribution in [0, 0.1) is 0 Å². The van der Waals surface area contributed by atoms with E-state index in [1.165, 1.54) is 11.1 Å². The largest absolute Gasteiger partial charge is 0.497 e. The number of aryl methyl sites for hydroxylation is 1. The van der Waals surface area contributed by atoms with Gasteiger partial charge in [-0.1, -0.05) is 24.3 Å². The number of nitrogens with one attached hydrogen (secondary N) is 2. The molecule has 4 heteroatoms. The molecule has 23 heavy (non-hydrogen) atoms. The molecule has 0 saturated heterocycles. The minimum absolute atomic E-state index is 0.186. The molecule has 0 heterocycles. The van der Waals surface area contributed by atoms with E-state index in [0.29, 0.717) is 0 Å². The maximum Gasteiger partial charge on any atom is 0.319 e. The number of benzene rings is 2. The summed E-state index contributed by atoms with van der Waals surface area (Å²) in [6.45, 7) is 2.10. The van der Waals surface area contributed by atoms with Crippen LogP contribution in [0.5, 0.6) is 5.75 Å². The standard InChI is InChI=1S/C19H22N2O2/c1-19(13-5-7-14-6-3-4-8-17(14)19)21-18(22)20-15-9-11-16(23-2)12-10-15/h3-4,6,8-12H,5,7,13H2,1-2H3,(H2,20,21,22). The smallest absolute Gasteiger partial charge is 0.319 e. The molecule has 0 fully saturated rings. The van der Waals surface area contributed by atoms with Gasteiger partial charge in [-0.05, 0) is 61.6 Å². The van der Waals surface area contributed by atoms with Gasteiger partial charge in [-0.3, -0.25) is 0 Å². The molecular weight excluding hydrogens is 288 g/mol. The van der Waals surface area contributed by atoms with E-state index in [1.54, 1.807) is 7.11 Å². The Morgan fingerprint density at radius 2 is 1.87 bits per heavy atom. The summed E-state index contributed by atoms with van der Waals surface area (Å²) in [5.74, 6) is 0.768. The molecule has 1 aliphatic rings. The van der Waals surface area contributed by atoms with Crippen molar-refractivity contribution < 1.29 is 9.53 Å². The zero-order chi connectivity index (χ0) is 16.3. The van der Waals surface area contributed by atoms with Gasteiger partial charge in [-0.25, -0.2) is 4.79 Å². The Bertz CT molecular complexity index is 697. The number of hydrogen-bond acceptors (Lipinski definition) is 2. The lowest BCUT2D eigenvalue weighted by molar-refractivity contribution is 0.233. The Morgan fingerprint density at radius 3 is 2.61 bits per heavy atom. The van der Waals surface area contributed by atoms with Crippen LogP contribution in [0.3, 0.4) is 0 Å². The van der Waals surface area contributed by atoms with Crippen molar-refractivity contribution in [1.29, 1.82) is 0 Å². The average molecular weight is 310 g/mol. The van der Waals surface area contributed by atoms with Gasteiger partial charge in [0.2, 0.25) is 0 Å². The van der Waals surface area contributed by atoms with Gasteiger partial charge in [0.25, 0.3) is 0 Å². The Labute approximate surface area is 136 Å². The lowest BCUT2D eigenvalue weighted by atomic mass is 9.78. The van der Waals surface area contributed by atoms with Crippen molar-refractivity contribution >= 4 is 11.7 Å². The van der Waals surface area contributed by atoms with Gasteiger partial charge in [0.1, 0.15) is 5.75 Å². The zero-order valence-corrected chi connectivity index (χ0v) is 13.6. The highest BCUT2D eigenvalue weighted by Crippen LogP contribution is 2.34. The molecule has 1 atom stereocenters. The molecule has 2 aromatic rings. The van der Waals surface area contributed by atoms with Gasteiger partial charge < -0.3 is 15.4 Å². The van der Waals surface area contributed by atoms with Crippen LogP contribution in [-0.2, 0) is 12.0 Å². The molecule has 0 saturated carbocycles. The topological polar surface area (TPSA) is 50.4 Å². The summed E-state index contributed by atoms with van der Waals surface area (Å²) >= 11 is 0. The van der Waals surface area contributed by atoms with E-state index in [-0.39, 0.29) is 11.6 Å². The molecule has 1 aliphatic carbocycles. The third-order valence-corrected chi connectivity index (χ3v) is 4.47. The van der Waals surface area contributed by atoms with Crippen molar-refractivity contribution in [3.05, 3.63) is 59.7 Å². The molecule has 0 aromatic heterocycles. The van der Waals surface area contributed by atoms with E-state index in [4.69, 9.17) is 4.74 Å². The molecule has 1 unspecified atom stereocenters. The second-order valence-electron chi connectivity index (χ2n) is 6.15. The Hall–Kier alpha value is -2.49. The fourth-order valence-electron chi connectivity index (χ4n) is 3.26. The van der Waals surface area contributed by atoms with Crippen molar-refractivity contribution in [2.75, 3.05) is 12.4 Å². The van der Waals surface area contributed by atoms with Crippen LogP contribution in [-0.4, -0.2) is 13.1 Å². The highest BCUT2D eigenvalue weighted by molar-refractivity contribution is 5.90. The Balaban J connectivity index is 1.72. The predicted molar refractivity (Wildman–Crippen MR) is 91.9 cm³/mol. The average Bonchev–Trinajstić information content (AvgIpc) is 2.56. The molecule has 2 N–H and O–H groups in total. The van der Waals surface area contributed by atoms with Crippen molar-refractivity contribution in [2.45, 2.75) is 31.7 Å². The lowest BCUT2D eigenvalue weighted by Gasteiger charge is -2.36. The molecule has 2 aromatic carbocycles. The van der Waals surface area contributed by atoms with Crippen molar-refractivity contribution in [2.24, 2.45) is 0 Å². The third-order valence-electron chi connectivity index (χ3n) is 4.47. The highest BCUT2D eigenvalue weighted by Gasteiger charge is 2.33. The second-order valence-corrected chi connectivity index (χ2v) is 6.15. The number of urea groups is 1. The number of amides is 2. The van der Waals surface area contributed by atoms with Crippen LogP contribution < -0.4 is 15.4 Å². The first kappa shape index (κ1) is 15.4. The summed E-state index contributed by atoms with van der Waals surface area (Å²) < 4.78 is 5.12. The predicted octanol–water partition coefficient (Wildman–Crippen LogP) is 4.07. The maximum atomic E-state index is 12.4. The monoisotopic (exact) mass is 310 g/mol. The molecule has 2 amide bonds. The van der Waals surface area contributed by atoms with Crippen LogP contribution in [0.4, 0.5) is 10.5 Å². The zero-order valence-electron chi connectivity index (χ0n) is 13.6. The summed E-state index contributed by atoms with van der Waals surface area (Å²) in [5, 5.41) is 6.04. The van der Waals surface area contributed by atoms with Crippen LogP contribution in [0.15, 0.2) is 48.5 Å². The van der Waals surface area contributed by atoms with Crippen LogP contribution >= 0.6 is 0 Å². The number of fused-ring (bicyclic) bond motifs is 1. The van der Waals surface area contributed by atoms with Gasteiger partial charge in [0.15, 0.2) is 0 Å². The van der Waals surface area contributed by atoms with Crippen molar-refractivity contribution in [1.82, 2.24) is 5.32 Å². The van der Waals surface area contributed by atoms with Gasteiger partial charge in [0, 0.05) is 5.69 Å². The first-order chi connectivity index (χ1) is 11.1. The molecule has 0 radical (unpaired) electrons. The van der Waals surface area contributed by atoms with Gasteiger partial charge in [-0.2, -0.15) is 0 Å². The first-order valence-corrected chi connectivity index (χ1v) is 7.92. The number of ether oxygens (including phenoxy) is 1. The quantitative estimate of drug-likeness (QED) is 0.898. The van der Waals surface area contributed by atoms with Gasteiger partial charge in [-0.15, -0.1) is 0 Å². The van der Waals surface area contributed by atoms with Crippen LogP contribution in [0.1, 0.15) is 30.9 Å². The maximum absolute atomic E-state index is 12.4. The summed E-state index contributed by atoms with van der Waals surface area (Å²) in [5.41, 5.74) is 2.96. The number of methoxy groups -OCH3 is 1. The first-order valence-electron chi connectivity index (χ1n) is 7.92. The second kappa shape index (κ2) is 6.32. The lowest BCUT2D eigenvalue weighted by Crippen LogP contribution is -2.47. The Morgan fingerprint density at radius 1 is 1.13 bits per heavy atom. The number of hydrogen-bond donors (Lipinski definition) is 2. The molecule has 0 spiro atoms. The molecular formula is C19H22N2O2. The highest BCUT2D eigenvalue weighted by atomic mass is 16.5. The normalized spacial score (nSPS) is 19.6.